The van der Waals surface area contributed by atoms with Gasteiger partial charge in [-0.2, -0.15) is 0 Å². The molecule has 1 heterocycles. The maximum Gasteiger partial charge on any atom is 0.339 e. The number of hydrogen-bond donors (Lipinski definition) is 0. The smallest absolute Gasteiger partial charge is 0.339 e. The summed E-state index contributed by atoms with van der Waals surface area (Å²) in [6.07, 6.45) is 0. The highest BCUT2D eigenvalue weighted by atomic mass is 16.5. The number of esters is 1. The van der Waals surface area contributed by atoms with E-state index in [1.165, 1.54) is 0 Å². The number of aryl methyl sites for hydroxylation is 1. The Balaban J connectivity index is 2.37. The molecule has 1 aromatic carbocycles. The molecule has 0 aliphatic rings. The third-order valence-electron chi connectivity index (χ3n) is 3.33. The van der Waals surface area contributed by atoms with Gasteiger partial charge in [0, 0.05) is 17.1 Å². The van der Waals surface area contributed by atoms with Crippen LogP contribution in [0.3, 0.4) is 0 Å². The Labute approximate surface area is 125 Å². The third-order valence-corrected chi connectivity index (χ3v) is 3.33. The highest BCUT2D eigenvalue weighted by Crippen LogP contribution is 2.23. The summed E-state index contributed by atoms with van der Waals surface area (Å²) >= 11 is 0. The normalized spacial score (nSPS) is 10.5. The van der Waals surface area contributed by atoms with Gasteiger partial charge < -0.3 is 14.0 Å². The molecule has 2 aromatic rings. The number of benzene rings is 1. The average Bonchev–Trinajstić information content (AvgIpc) is 2.76. The van der Waals surface area contributed by atoms with Gasteiger partial charge in [0.1, 0.15) is 5.75 Å². The van der Waals surface area contributed by atoms with Crippen LogP contribution in [-0.4, -0.2) is 23.8 Å². The lowest BCUT2D eigenvalue weighted by atomic mass is 10.2. The SMILES string of the molecule is CCOC(=O)c1cc(C)n(-c2ccc(OCC)cc2)c1C. The van der Waals surface area contributed by atoms with E-state index in [1.54, 1.807) is 0 Å². The van der Waals surface area contributed by atoms with E-state index in [-0.39, 0.29) is 5.97 Å². The molecule has 0 radical (unpaired) electrons. The quantitative estimate of drug-likeness (QED) is 0.788. The molecule has 0 aliphatic heterocycles. The molecule has 0 saturated carbocycles. The molecule has 0 unspecified atom stereocenters. The fourth-order valence-electron chi connectivity index (χ4n) is 2.43. The lowest BCUT2D eigenvalue weighted by Crippen LogP contribution is -2.06. The summed E-state index contributed by atoms with van der Waals surface area (Å²) in [5, 5.41) is 0. The zero-order valence-corrected chi connectivity index (χ0v) is 13.0. The molecule has 21 heavy (non-hydrogen) atoms. The molecule has 0 N–H and O–H groups in total. The number of hydrogen-bond acceptors (Lipinski definition) is 3. The number of carbonyl (C=O) groups excluding carboxylic acids is 1. The minimum absolute atomic E-state index is 0.275. The molecule has 4 nitrogen and oxygen atoms in total. The molecule has 0 spiro atoms. The molecule has 0 atom stereocenters. The molecule has 4 heteroatoms. The van der Waals surface area contributed by atoms with Gasteiger partial charge in [0.05, 0.1) is 18.8 Å². The van der Waals surface area contributed by atoms with Crippen molar-refractivity contribution in [3.63, 3.8) is 0 Å². The van der Waals surface area contributed by atoms with Gasteiger partial charge in [-0.05, 0) is 58.0 Å². The van der Waals surface area contributed by atoms with Crippen molar-refractivity contribution < 1.29 is 14.3 Å². The van der Waals surface area contributed by atoms with Gasteiger partial charge in [0.15, 0.2) is 0 Å². The Morgan fingerprint density at radius 3 is 2.33 bits per heavy atom. The third kappa shape index (κ3) is 3.10. The summed E-state index contributed by atoms with van der Waals surface area (Å²) in [6, 6.07) is 9.70. The number of aromatic nitrogens is 1. The molecule has 0 aliphatic carbocycles. The summed E-state index contributed by atoms with van der Waals surface area (Å²) in [6.45, 7) is 8.70. The van der Waals surface area contributed by atoms with Crippen LogP contribution in [0.5, 0.6) is 5.75 Å². The van der Waals surface area contributed by atoms with Crippen molar-refractivity contribution in [3.05, 3.63) is 47.3 Å². The van der Waals surface area contributed by atoms with E-state index in [9.17, 15) is 4.79 Å². The Bertz CT molecular complexity index is 626. The van der Waals surface area contributed by atoms with E-state index in [2.05, 4.69) is 0 Å². The van der Waals surface area contributed by atoms with Crippen molar-refractivity contribution in [3.8, 4) is 11.4 Å². The zero-order chi connectivity index (χ0) is 15.4. The van der Waals surface area contributed by atoms with E-state index in [0.717, 1.165) is 22.8 Å². The Morgan fingerprint density at radius 1 is 1.10 bits per heavy atom. The molecule has 112 valence electrons. The van der Waals surface area contributed by atoms with Crippen LogP contribution in [0.4, 0.5) is 0 Å². The second-order valence-electron chi connectivity index (χ2n) is 4.77. The first kappa shape index (κ1) is 15.2. The fraction of sp³-hybridized carbons (Fsp3) is 0.353. The summed E-state index contributed by atoms with van der Waals surface area (Å²) in [7, 11) is 0. The predicted molar refractivity (Wildman–Crippen MR) is 82.4 cm³/mol. The molecule has 2 rings (SSSR count). The minimum atomic E-state index is -0.275. The lowest BCUT2D eigenvalue weighted by Gasteiger charge is -2.11. The van der Waals surface area contributed by atoms with Gasteiger partial charge in [0.2, 0.25) is 0 Å². The first-order valence-corrected chi connectivity index (χ1v) is 7.17. The van der Waals surface area contributed by atoms with Crippen LogP contribution in [0.2, 0.25) is 0 Å². The van der Waals surface area contributed by atoms with Gasteiger partial charge in [-0.15, -0.1) is 0 Å². The Morgan fingerprint density at radius 2 is 1.76 bits per heavy atom. The summed E-state index contributed by atoms with van der Waals surface area (Å²) < 4.78 is 12.6. The van der Waals surface area contributed by atoms with Crippen molar-refractivity contribution in [2.24, 2.45) is 0 Å². The van der Waals surface area contributed by atoms with Crippen molar-refractivity contribution >= 4 is 5.97 Å². The van der Waals surface area contributed by atoms with E-state index in [1.807, 2.05) is 62.6 Å². The van der Waals surface area contributed by atoms with Gasteiger partial charge in [-0.3, -0.25) is 0 Å². The second-order valence-corrected chi connectivity index (χ2v) is 4.77. The van der Waals surface area contributed by atoms with Crippen LogP contribution in [0.1, 0.15) is 35.6 Å². The number of carbonyl (C=O) groups is 1. The largest absolute Gasteiger partial charge is 0.494 e. The highest BCUT2D eigenvalue weighted by molar-refractivity contribution is 5.91. The molecular formula is C17H21NO3. The number of rotatable bonds is 5. The van der Waals surface area contributed by atoms with Crippen LogP contribution in [0.15, 0.2) is 30.3 Å². The van der Waals surface area contributed by atoms with Crippen LogP contribution in [0, 0.1) is 13.8 Å². The topological polar surface area (TPSA) is 40.5 Å². The van der Waals surface area contributed by atoms with Crippen molar-refractivity contribution in [2.75, 3.05) is 13.2 Å². The van der Waals surface area contributed by atoms with Crippen molar-refractivity contribution in [2.45, 2.75) is 27.7 Å². The Hall–Kier alpha value is -2.23. The van der Waals surface area contributed by atoms with Gasteiger partial charge in [-0.1, -0.05) is 0 Å². The second kappa shape index (κ2) is 6.48. The lowest BCUT2D eigenvalue weighted by molar-refractivity contribution is 0.0525. The van der Waals surface area contributed by atoms with Crippen molar-refractivity contribution in [1.29, 1.82) is 0 Å². The van der Waals surface area contributed by atoms with Crippen molar-refractivity contribution in [1.82, 2.24) is 4.57 Å². The first-order chi connectivity index (χ1) is 10.1. The summed E-state index contributed by atoms with van der Waals surface area (Å²) in [4.78, 5) is 11.9. The molecule has 0 fully saturated rings. The molecular weight excluding hydrogens is 266 g/mol. The standard InChI is InChI=1S/C17H21NO3/c1-5-20-15-9-7-14(8-10-15)18-12(3)11-16(13(18)4)17(19)21-6-2/h7-11H,5-6H2,1-4H3. The Kier molecular flexibility index (Phi) is 4.68. The highest BCUT2D eigenvalue weighted by Gasteiger charge is 2.17. The molecule has 0 amide bonds. The maximum atomic E-state index is 11.9. The average molecular weight is 287 g/mol. The first-order valence-electron chi connectivity index (χ1n) is 7.17. The van der Waals surface area contributed by atoms with E-state index in [4.69, 9.17) is 9.47 Å². The van der Waals surface area contributed by atoms with Crippen LogP contribution in [0.25, 0.3) is 5.69 Å². The van der Waals surface area contributed by atoms with Crippen LogP contribution in [-0.2, 0) is 4.74 Å². The number of nitrogens with zero attached hydrogens (tertiary/aromatic N) is 1. The number of ether oxygens (including phenoxy) is 2. The van der Waals surface area contributed by atoms with E-state index >= 15 is 0 Å². The van der Waals surface area contributed by atoms with E-state index in [0.29, 0.717) is 18.8 Å². The summed E-state index contributed by atoms with van der Waals surface area (Å²) in [5.41, 5.74) is 3.50. The minimum Gasteiger partial charge on any atom is -0.494 e. The molecule has 0 saturated heterocycles. The predicted octanol–water partition coefficient (Wildman–Crippen LogP) is 3.67. The van der Waals surface area contributed by atoms with Crippen LogP contribution < -0.4 is 4.74 Å². The monoisotopic (exact) mass is 287 g/mol. The molecule has 1 aromatic heterocycles. The van der Waals surface area contributed by atoms with Crippen LogP contribution >= 0.6 is 0 Å². The zero-order valence-electron chi connectivity index (χ0n) is 13.0. The van der Waals surface area contributed by atoms with Gasteiger partial charge >= 0.3 is 5.97 Å². The van der Waals surface area contributed by atoms with E-state index < -0.39 is 0 Å². The fourth-order valence-corrected chi connectivity index (χ4v) is 2.43. The summed E-state index contributed by atoms with van der Waals surface area (Å²) in [5.74, 6) is 0.567. The maximum absolute atomic E-state index is 11.9. The van der Waals surface area contributed by atoms with Gasteiger partial charge in [0.25, 0.3) is 0 Å². The molecule has 0 bridgehead atoms. The van der Waals surface area contributed by atoms with Gasteiger partial charge in [-0.25, -0.2) is 4.79 Å².